The summed E-state index contributed by atoms with van der Waals surface area (Å²) in [5.74, 6) is 1.66. The van der Waals surface area contributed by atoms with Gasteiger partial charge in [-0.15, -0.1) is 11.3 Å². The first-order valence-electron chi connectivity index (χ1n) is 9.61. The van der Waals surface area contributed by atoms with E-state index in [1.165, 1.54) is 11.3 Å². The monoisotopic (exact) mass is 434 g/mol. The Labute approximate surface area is 184 Å². The third-order valence-corrected chi connectivity index (χ3v) is 5.56. The summed E-state index contributed by atoms with van der Waals surface area (Å²) in [5, 5.41) is 10.0. The number of carbonyl (C=O) groups is 1. The minimum absolute atomic E-state index is 0.196. The van der Waals surface area contributed by atoms with Crippen LogP contribution in [-0.2, 0) is 0 Å². The molecule has 2 heterocycles. The smallest absolute Gasteiger partial charge is 0.256 e. The number of hydrogen-bond acceptors (Lipinski definition) is 6. The van der Waals surface area contributed by atoms with Crippen LogP contribution < -0.4 is 14.8 Å². The molecule has 4 aromatic rings. The molecular formula is C23H22N4O3S. The summed E-state index contributed by atoms with van der Waals surface area (Å²) >= 11 is 1.44. The topological polar surface area (TPSA) is 78.3 Å². The summed E-state index contributed by atoms with van der Waals surface area (Å²) in [6.07, 6.45) is 0. The van der Waals surface area contributed by atoms with E-state index in [-0.39, 0.29) is 5.91 Å². The van der Waals surface area contributed by atoms with Crippen molar-refractivity contribution in [2.45, 2.75) is 13.8 Å². The second kappa shape index (κ2) is 8.61. The van der Waals surface area contributed by atoms with Gasteiger partial charge >= 0.3 is 0 Å². The molecule has 0 bridgehead atoms. The maximum atomic E-state index is 12.7. The number of nitrogens with zero attached hydrogens (tertiary/aromatic N) is 3. The zero-order chi connectivity index (χ0) is 22.0. The molecule has 0 aliphatic rings. The summed E-state index contributed by atoms with van der Waals surface area (Å²) in [4.78, 5) is 17.4. The number of hydrogen-bond donors (Lipinski definition) is 1. The first kappa shape index (κ1) is 20.6. The Kier molecular flexibility index (Phi) is 5.73. The highest BCUT2D eigenvalue weighted by Gasteiger charge is 2.16. The molecule has 8 heteroatoms. The average molecular weight is 435 g/mol. The molecule has 7 nitrogen and oxygen atoms in total. The molecule has 0 fully saturated rings. The number of methoxy groups -OCH3 is 2. The Hall–Kier alpha value is -3.65. The van der Waals surface area contributed by atoms with Crippen LogP contribution in [0, 0.1) is 13.8 Å². The highest BCUT2D eigenvalue weighted by molar-refractivity contribution is 7.12. The van der Waals surface area contributed by atoms with Crippen molar-refractivity contribution < 1.29 is 14.3 Å². The average Bonchev–Trinajstić information content (AvgIpc) is 3.40. The van der Waals surface area contributed by atoms with Crippen LogP contribution in [0.3, 0.4) is 0 Å². The SMILES string of the molecule is COc1ccc(-c2csc(-n3nc(C)cc3NC(=O)c3ccc(C)cc3)n2)cc1OC. The Morgan fingerprint density at radius 1 is 1.00 bits per heavy atom. The fourth-order valence-corrected chi connectivity index (χ4v) is 3.91. The molecule has 1 amide bonds. The molecule has 0 radical (unpaired) electrons. The normalized spacial score (nSPS) is 10.7. The highest BCUT2D eigenvalue weighted by atomic mass is 32.1. The number of nitrogens with one attached hydrogen (secondary N) is 1. The second-order valence-electron chi connectivity index (χ2n) is 6.99. The van der Waals surface area contributed by atoms with E-state index in [4.69, 9.17) is 14.5 Å². The van der Waals surface area contributed by atoms with Crippen molar-refractivity contribution >= 4 is 23.1 Å². The predicted molar refractivity (Wildman–Crippen MR) is 122 cm³/mol. The van der Waals surface area contributed by atoms with Gasteiger partial charge in [-0.3, -0.25) is 4.79 Å². The fourth-order valence-electron chi connectivity index (χ4n) is 3.12. The molecule has 2 aromatic carbocycles. The Balaban J connectivity index is 1.62. The number of benzene rings is 2. The first-order valence-corrected chi connectivity index (χ1v) is 10.5. The number of anilines is 1. The number of thiazole rings is 1. The van der Waals surface area contributed by atoms with E-state index >= 15 is 0 Å². The molecular weight excluding hydrogens is 412 g/mol. The van der Waals surface area contributed by atoms with Gasteiger partial charge in [-0.25, -0.2) is 4.98 Å². The zero-order valence-electron chi connectivity index (χ0n) is 17.7. The van der Waals surface area contributed by atoms with Crippen molar-refractivity contribution in [3.8, 4) is 27.9 Å². The molecule has 0 aliphatic carbocycles. The summed E-state index contributed by atoms with van der Waals surface area (Å²) in [7, 11) is 3.20. The van der Waals surface area contributed by atoms with E-state index in [2.05, 4.69) is 10.4 Å². The fraction of sp³-hybridized carbons (Fsp3) is 0.174. The number of carbonyl (C=O) groups excluding carboxylic acids is 1. The molecule has 0 saturated heterocycles. The van der Waals surface area contributed by atoms with E-state index in [0.29, 0.717) is 28.0 Å². The maximum absolute atomic E-state index is 12.7. The molecule has 1 N–H and O–H groups in total. The molecule has 31 heavy (non-hydrogen) atoms. The second-order valence-corrected chi connectivity index (χ2v) is 7.82. The van der Waals surface area contributed by atoms with Gasteiger partial charge in [0.1, 0.15) is 5.82 Å². The molecule has 2 aromatic heterocycles. The van der Waals surface area contributed by atoms with Crippen LogP contribution in [0.5, 0.6) is 11.5 Å². The number of aromatic nitrogens is 3. The van der Waals surface area contributed by atoms with Crippen molar-refractivity contribution in [1.29, 1.82) is 0 Å². The van der Waals surface area contributed by atoms with Crippen molar-refractivity contribution in [2.75, 3.05) is 19.5 Å². The molecule has 158 valence electrons. The van der Waals surface area contributed by atoms with Gasteiger partial charge in [0.2, 0.25) is 5.13 Å². The van der Waals surface area contributed by atoms with E-state index in [1.54, 1.807) is 31.0 Å². The first-order chi connectivity index (χ1) is 15.0. The van der Waals surface area contributed by atoms with Crippen LogP contribution >= 0.6 is 11.3 Å². The van der Waals surface area contributed by atoms with Gasteiger partial charge in [-0.2, -0.15) is 9.78 Å². The minimum atomic E-state index is -0.196. The number of ether oxygens (including phenoxy) is 2. The van der Waals surface area contributed by atoms with Crippen molar-refractivity contribution in [3.05, 3.63) is 70.7 Å². The number of amides is 1. The maximum Gasteiger partial charge on any atom is 0.256 e. The largest absolute Gasteiger partial charge is 0.493 e. The van der Waals surface area contributed by atoms with Gasteiger partial charge in [0.05, 0.1) is 25.6 Å². The van der Waals surface area contributed by atoms with Crippen LogP contribution in [0.2, 0.25) is 0 Å². The van der Waals surface area contributed by atoms with Gasteiger partial charge in [-0.1, -0.05) is 17.7 Å². The summed E-state index contributed by atoms with van der Waals surface area (Å²) in [6.45, 7) is 3.86. The lowest BCUT2D eigenvalue weighted by atomic mass is 10.1. The Morgan fingerprint density at radius 3 is 2.45 bits per heavy atom. The van der Waals surface area contributed by atoms with Crippen LogP contribution in [0.4, 0.5) is 5.82 Å². The molecule has 0 atom stereocenters. The van der Waals surface area contributed by atoms with Crippen molar-refractivity contribution in [3.63, 3.8) is 0 Å². The third-order valence-electron chi connectivity index (χ3n) is 4.74. The molecule has 4 rings (SSSR count). The Morgan fingerprint density at radius 2 is 1.74 bits per heavy atom. The van der Waals surface area contributed by atoms with E-state index < -0.39 is 0 Å². The number of rotatable bonds is 6. The van der Waals surface area contributed by atoms with Crippen LogP contribution in [0.1, 0.15) is 21.6 Å². The third kappa shape index (κ3) is 4.29. The summed E-state index contributed by atoms with van der Waals surface area (Å²) < 4.78 is 12.3. The molecule has 0 spiro atoms. The zero-order valence-corrected chi connectivity index (χ0v) is 18.5. The molecule has 0 saturated carbocycles. The van der Waals surface area contributed by atoms with Gasteiger partial charge in [0, 0.05) is 22.6 Å². The lowest BCUT2D eigenvalue weighted by Crippen LogP contribution is -2.15. The summed E-state index contributed by atoms with van der Waals surface area (Å²) in [6, 6.07) is 14.9. The highest BCUT2D eigenvalue weighted by Crippen LogP contribution is 2.33. The predicted octanol–water partition coefficient (Wildman–Crippen LogP) is 4.88. The van der Waals surface area contributed by atoms with Gasteiger partial charge in [0.15, 0.2) is 11.5 Å². The van der Waals surface area contributed by atoms with Crippen LogP contribution in [0.25, 0.3) is 16.4 Å². The Bertz CT molecular complexity index is 1230. The van der Waals surface area contributed by atoms with E-state index in [9.17, 15) is 4.79 Å². The van der Waals surface area contributed by atoms with Crippen molar-refractivity contribution in [2.24, 2.45) is 0 Å². The van der Waals surface area contributed by atoms with Crippen LogP contribution in [0.15, 0.2) is 53.9 Å². The van der Waals surface area contributed by atoms with E-state index in [1.807, 2.05) is 55.6 Å². The minimum Gasteiger partial charge on any atom is -0.493 e. The van der Waals surface area contributed by atoms with Gasteiger partial charge in [-0.05, 0) is 44.2 Å². The van der Waals surface area contributed by atoms with Crippen LogP contribution in [-0.4, -0.2) is 34.9 Å². The van der Waals surface area contributed by atoms with Gasteiger partial charge < -0.3 is 14.8 Å². The van der Waals surface area contributed by atoms with Gasteiger partial charge in [0.25, 0.3) is 5.91 Å². The van der Waals surface area contributed by atoms with Crippen molar-refractivity contribution in [1.82, 2.24) is 14.8 Å². The standard InChI is InChI=1S/C23H22N4O3S/c1-14-5-7-16(8-6-14)22(28)25-21-11-15(2)26-27(21)23-24-18(13-31-23)17-9-10-19(29-3)20(12-17)30-4/h5-13H,1-4H3,(H,25,28). The summed E-state index contributed by atoms with van der Waals surface area (Å²) in [5.41, 5.74) is 4.14. The number of aryl methyl sites for hydroxylation is 2. The molecule has 0 aliphatic heterocycles. The molecule has 0 unspecified atom stereocenters. The quantitative estimate of drug-likeness (QED) is 0.468. The lowest BCUT2D eigenvalue weighted by molar-refractivity contribution is 0.102. The lowest BCUT2D eigenvalue weighted by Gasteiger charge is -2.08. The van der Waals surface area contributed by atoms with E-state index in [0.717, 1.165) is 22.5 Å².